The number of para-hydroxylation sites is 1. The van der Waals surface area contributed by atoms with Crippen molar-refractivity contribution in [3.63, 3.8) is 0 Å². The van der Waals surface area contributed by atoms with E-state index in [0.717, 1.165) is 15.7 Å². The molecule has 0 fully saturated rings. The second kappa shape index (κ2) is 8.85. The fourth-order valence-corrected chi connectivity index (χ4v) is 3.04. The van der Waals surface area contributed by atoms with Gasteiger partial charge in [-0.15, -0.1) is 0 Å². The van der Waals surface area contributed by atoms with Gasteiger partial charge in [-0.3, -0.25) is 18.7 Å². The highest BCUT2D eigenvalue weighted by molar-refractivity contribution is 5.95. The number of amides is 1. The molecule has 0 saturated carbocycles. The molecule has 0 radical (unpaired) electrons. The van der Waals surface area contributed by atoms with Gasteiger partial charge in [0.25, 0.3) is 5.56 Å². The van der Waals surface area contributed by atoms with E-state index < -0.39 is 11.2 Å². The maximum Gasteiger partial charge on any atom is 0.331 e. The number of benzene rings is 2. The van der Waals surface area contributed by atoms with Crippen LogP contribution in [-0.2, 0) is 17.9 Å². The molecule has 1 N–H and O–H groups in total. The van der Waals surface area contributed by atoms with Gasteiger partial charge in [-0.25, -0.2) is 4.79 Å². The van der Waals surface area contributed by atoms with Crippen molar-refractivity contribution in [1.29, 1.82) is 5.26 Å². The molecule has 1 amide bonds. The minimum Gasteiger partial charge on any atom is -0.325 e. The van der Waals surface area contributed by atoms with Crippen molar-refractivity contribution in [3.05, 3.63) is 87.2 Å². The highest BCUT2D eigenvalue weighted by Crippen LogP contribution is 2.27. The number of carbonyl (C=O) groups is 1. The molecule has 1 aromatic heterocycles. The highest BCUT2D eigenvalue weighted by Gasteiger charge is 2.13. The molecule has 0 spiro atoms. The zero-order valence-electron chi connectivity index (χ0n) is 16.0. The van der Waals surface area contributed by atoms with Crippen molar-refractivity contribution in [1.82, 2.24) is 9.13 Å². The van der Waals surface area contributed by atoms with Crippen molar-refractivity contribution in [3.8, 4) is 17.2 Å². The molecule has 0 bridgehead atoms. The number of hydrogen-bond acceptors (Lipinski definition) is 4. The van der Waals surface area contributed by atoms with Crippen LogP contribution in [0.5, 0.6) is 0 Å². The largest absolute Gasteiger partial charge is 0.331 e. The molecule has 1 heterocycles. The van der Waals surface area contributed by atoms with Gasteiger partial charge in [-0.05, 0) is 18.6 Å². The summed E-state index contributed by atoms with van der Waals surface area (Å²) < 4.78 is 2.22. The van der Waals surface area contributed by atoms with E-state index in [4.69, 9.17) is 5.26 Å². The van der Waals surface area contributed by atoms with Gasteiger partial charge in [-0.2, -0.15) is 5.26 Å². The quantitative estimate of drug-likeness (QED) is 0.702. The first-order chi connectivity index (χ1) is 14.0. The van der Waals surface area contributed by atoms with E-state index in [1.165, 1.54) is 10.8 Å². The lowest BCUT2D eigenvalue weighted by molar-refractivity contribution is -0.116. The summed E-state index contributed by atoms with van der Waals surface area (Å²) in [6.45, 7) is 1.96. The number of nitrogens with one attached hydrogen (secondary N) is 1. The van der Waals surface area contributed by atoms with Crippen molar-refractivity contribution in [2.24, 2.45) is 0 Å². The number of carbonyl (C=O) groups excluding carboxylic acids is 1. The number of rotatable bonds is 6. The Morgan fingerprint density at radius 1 is 1.07 bits per heavy atom. The molecule has 3 aromatic rings. The first-order valence-electron chi connectivity index (χ1n) is 9.23. The Bertz CT molecular complexity index is 1190. The first kappa shape index (κ1) is 19.8. The summed E-state index contributed by atoms with van der Waals surface area (Å²) in [5.41, 5.74) is 1.15. The molecule has 0 aliphatic carbocycles. The second-order valence-corrected chi connectivity index (χ2v) is 6.39. The Balaban J connectivity index is 1.80. The van der Waals surface area contributed by atoms with Crippen LogP contribution in [0.1, 0.15) is 18.9 Å². The zero-order valence-corrected chi connectivity index (χ0v) is 16.0. The molecule has 0 saturated heterocycles. The normalized spacial score (nSPS) is 10.3. The van der Waals surface area contributed by atoms with Gasteiger partial charge in [0.2, 0.25) is 5.91 Å². The van der Waals surface area contributed by atoms with Crippen LogP contribution in [-0.4, -0.2) is 15.0 Å². The van der Waals surface area contributed by atoms with Crippen LogP contribution in [0.3, 0.4) is 0 Å². The minimum absolute atomic E-state index is 0.0726. The van der Waals surface area contributed by atoms with Crippen LogP contribution in [0.4, 0.5) is 5.69 Å². The Kier molecular flexibility index (Phi) is 6.05. The second-order valence-electron chi connectivity index (χ2n) is 6.39. The molecule has 7 nitrogen and oxygen atoms in total. The van der Waals surface area contributed by atoms with E-state index >= 15 is 0 Å². The molecule has 7 heteroatoms. The Labute approximate surface area is 167 Å². The van der Waals surface area contributed by atoms with E-state index in [0.29, 0.717) is 12.2 Å². The van der Waals surface area contributed by atoms with E-state index in [9.17, 15) is 14.4 Å². The molecule has 2 aromatic carbocycles. The van der Waals surface area contributed by atoms with Gasteiger partial charge in [0.1, 0.15) is 11.6 Å². The number of nitrogens with zero attached hydrogens (tertiary/aromatic N) is 3. The first-order valence-corrected chi connectivity index (χ1v) is 9.23. The van der Waals surface area contributed by atoms with E-state index in [2.05, 4.69) is 5.32 Å². The van der Waals surface area contributed by atoms with Crippen molar-refractivity contribution < 1.29 is 4.79 Å². The maximum absolute atomic E-state index is 12.5. The zero-order chi connectivity index (χ0) is 20.8. The molecule has 3 rings (SSSR count). The van der Waals surface area contributed by atoms with Crippen molar-refractivity contribution in [2.45, 2.75) is 26.4 Å². The van der Waals surface area contributed by atoms with E-state index in [1.54, 1.807) is 19.1 Å². The molecule has 146 valence electrons. The molecular formula is C22H20N4O3. The lowest BCUT2D eigenvalue weighted by Gasteiger charge is -2.12. The molecule has 0 aliphatic heterocycles. The standard InChI is InChI=1S/C22H20N4O3/c1-2-25-15-17(14-23)21(28)26(22(25)29)13-12-20(27)24-19-11-7-6-10-18(19)16-8-4-3-5-9-16/h3-11,15H,2,12-13H2,1H3,(H,24,27). The number of hydrogen-bond donors (Lipinski definition) is 1. The van der Waals surface area contributed by atoms with Crippen LogP contribution in [0.15, 0.2) is 70.4 Å². The highest BCUT2D eigenvalue weighted by atomic mass is 16.2. The van der Waals surface area contributed by atoms with Gasteiger partial charge in [-0.1, -0.05) is 48.5 Å². The summed E-state index contributed by atoms with van der Waals surface area (Å²) in [5, 5.41) is 12.0. The van der Waals surface area contributed by atoms with Gasteiger partial charge in [0.05, 0.1) is 0 Å². The molecule has 0 aliphatic rings. The summed E-state index contributed by atoms with van der Waals surface area (Å²) in [5.74, 6) is -0.329. The van der Waals surface area contributed by atoms with E-state index in [1.807, 2.05) is 48.5 Å². The van der Waals surface area contributed by atoms with Crippen molar-refractivity contribution >= 4 is 11.6 Å². The Hall–Kier alpha value is -3.92. The smallest absolute Gasteiger partial charge is 0.325 e. The van der Waals surface area contributed by atoms with Gasteiger partial charge in [0.15, 0.2) is 0 Å². The summed E-state index contributed by atoms with van der Waals surface area (Å²) >= 11 is 0. The SMILES string of the molecule is CCn1cc(C#N)c(=O)n(CCC(=O)Nc2ccccc2-c2ccccc2)c1=O. The third-order valence-corrected chi connectivity index (χ3v) is 4.55. The maximum atomic E-state index is 12.5. The molecule has 29 heavy (non-hydrogen) atoms. The van der Waals surface area contributed by atoms with Crippen LogP contribution in [0.2, 0.25) is 0 Å². The van der Waals surface area contributed by atoms with Crippen LogP contribution < -0.4 is 16.6 Å². The fourth-order valence-electron chi connectivity index (χ4n) is 3.04. The topological polar surface area (TPSA) is 96.9 Å². The number of aromatic nitrogens is 2. The van der Waals surface area contributed by atoms with Crippen LogP contribution in [0, 0.1) is 11.3 Å². The number of anilines is 1. The van der Waals surface area contributed by atoms with Gasteiger partial charge in [0, 0.05) is 37.0 Å². The van der Waals surface area contributed by atoms with Gasteiger partial charge < -0.3 is 5.32 Å². The number of aryl methyl sites for hydroxylation is 1. The molecule has 0 unspecified atom stereocenters. The fraction of sp³-hybridized carbons (Fsp3) is 0.182. The summed E-state index contributed by atoms with van der Waals surface area (Å²) in [6, 6.07) is 18.9. The summed E-state index contributed by atoms with van der Waals surface area (Å²) in [7, 11) is 0. The average Bonchev–Trinajstić information content (AvgIpc) is 2.75. The average molecular weight is 388 g/mol. The van der Waals surface area contributed by atoms with Crippen LogP contribution in [0.25, 0.3) is 11.1 Å². The Morgan fingerprint density at radius 3 is 2.45 bits per heavy atom. The molecule has 0 atom stereocenters. The predicted octanol–water partition coefficient (Wildman–Crippen LogP) is 2.60. The van der Waals surface area contributed by atoms with Crippen molar-refractivity contribution in [2.75, 3.05) is 5.32 Å². The lowest BCUT2D eigenvalue weighted by atomic mass is 10.0. The summed E-state index contributed by atoms with van der Waals surface area (Å²) in [6.07, 6.45) is 1.17. The lowest BCUT2D eigenvalue weighted by Crippen LogP contribution is -2.41. The molecular weight excluding hydrogens is 368 g/mol. The predicted molar refractivity (Wildman–Crippen MR) is 110 cm³/mol. The number of nitriles is 1. The Morgan fingerprint density at radius 2 is 1.76 bits per heavy atom. The third-order valence-electron chi connectivity index (χ3n) is 4.55. The monoisotopic (exact) mass is 388 g/mol. The van der Waals surface area contributed by atoms with E-state index in [-0.39, 0.29) is 24.4 Å². The minimum atomic E-state index is -0.681. The summed E-state index contributed by atoms with van der Waals surface area (Å²) in [4.78, 5) is 37.2. The van der Waals surface area contributed by atoms with Gasteiger partial charge >= 0.3 is 5.69 Å². The van der Waals surface area contributed by atoms with Crippen LogP contribution >= 0.6 is 0 Å². The third kappa shape index (κ3) is 4.33.